The highest BCUT2D eigenvalue weighted by Crippen LogP contribution is 2.16. The molecule has 0 bridgehead atoms. The number of nitrogens with one attached hydrogen (secondary N) is 1. The number of hydrogen-bond acceptors (Lipinski definition) is 2. The summed E-state index contributed by atoms with van der Waals surface area (Å²) in [5.74, 6) is -2.00. The van der Waals surface area contributed by atoms with Gasteiger partial charge >= 0.3 is 18.2 Å². The van der Waals surface area contributed by atoms with Crippen LogP contribution < -0.4 is 5.32 Å². The molecule has 0 rings (SSSR count). The Hall–Kier alpha value is -1.47. The second-order valence-corrected chi connectivity index (χ2v) is 3.99. The topological polar surface area (TPSA) is 69.6 Å². The summed E-state index contributed by atoms with van der Waals surface area (Å²) in [5, 5.41) is 10.9. The van der Waals surface area contributed by atoms with Crippen LogP contribution in [-0.2, 0) is 4.79 Å². The number of nitrogens with zero attached hydrogens (tertiary/aromatic N) is 1. The molecule has 5 nitrogen and oxygen atoms in total. The molecule has 0 aliphatic heterocycles. The van der Waals surface area contributed by atoms with Crippen LogP contribution in [0.4, 0.5) is 18.0 Å². The van der Waals surface area contributed by atoms with Crippen LogP contribution in [0.2, 0.25) is 0 Å². The van der Waals surface area contributed by atoms with Gasteiger partial charge in [-0.05, 0) is 20.8 Å². The second kappa shape index (κ2) is 6.46. The fourth-order valence-electron chi connectivity index (χ4n) is 1.17. The first kappa shape index (κ1) is 16.5. The molecule has 0 spiro atoms. The summed E-state index contributed by atoms with van der Waals surface area (Å²) in [7, 11) is 0. The number of alkyl halides is 3. The standard InChI is InChI=1S/C10H17F3N2O3/c1-4-15(5-10(11,12)13)9(18)14-7(3)6(2)8(16)17/h6-7H,4-5H2,1-3H3,(H,14,18)(H,16,17). The van der Waals surface area contributed by atoms with Gasteiger partial charge in [-0.1, -0.05) is 0 Å². The first-order chi connectivity index (χ1) is 8.08. The van der Waals surface area contributed by atoms with Crippen molar-refractivity contribution in [2.45, 2.75) is 33.0 Å². The Morgan fingerprint density at radius 3 is 2.17 bits per heavy atom. The SMILES string of the molecule is CCN(CC(F)(F)F)C(=O)NC(C)C(C)C(=O)O. The third-order valence-corrected chi connectivity index (χ3v) is 2.53. The molecule has 0 aromatic carbocycles. The Morgan fingerprint density at radius 1 is 1.33 bits per heavy atom. The minimum atomic E-state index is -4.48. The van der Waals surface area contributed by atoms with Gasteiger partial charge in [0.15, 0.2) is 0 Å². The third-order valence-electron chi connectivity index (χ3n) is 2.53. The summed E-state index contributed by atoms with van der Waals surface area (Å²) in [6.45, 7) is 2.74. The highest BCUT2D eigenvalue weighted by molar-refractivity contribution is 5.76. The lowest BCUT2D eigenvalue weighted by molar-refractivity contribution is -0.143. The van der Waals surface area contributed by atoms with Gasteiger partial charge in [-0.25, -0.2) is 4.79 Å². The summed E-state index contributed by atoms with van der Waals surface area (Å²) in [5.41, 5.74) is 0. The predicted molar refractivity (Wildman–Crippen MR) is 58.1 cm³/mol. The summed E-state index contributed by atoms with van der Waals surface area (Å²) < 4.78 is 36.5. The number of hydrogen-bond donors (Lipinski definition) is 2. The van der Waals surface area contributed by atoms with E-state index in [2.05, 4.69) is 5.32 Å². The van der Waals surface area contributed by atoms with E-state index in [-0.39, 0.29) is 6.54 Å². The predicted octanol–water partition coefficient (Wildman–Crippen LogP) is 1.69. The number of aliphatic carboxylic acids is 1. The van der Waals surface area contributed by atoms with Crippen LogP contribution in [0.15, 0.2) is 0 Å². The Labute approximate surface area is 103 Å². The van der Waals surface area contributed by atoms with Gasteiger partial charge < -0.3 is 15.3 Å². The highest BCUT2D eigenvalue weighted by atomic mass is 19.4. The van der Waals surface area contributed by atoms with Crippen LogP contribution in [0.3, 0.4) is 0 Å². The number of halogens is 3. The van der Waals surface area contributed by atoms with E-state index in [1.54, 1.807) is 0 Å². The Bertz CT molecular complexity index is 307. The number of rotatable bonds is 5. The molecule has 0 saturated heterocycles. The quantitative estimate of drug-likeness (QED) is 0.798. The molecule has 0 aromatic rings. The maximum absolute atomic E-state index is 12.2. The van der Waals surface area contributed by atoms with E-state index in [9.17, 15) is 22.8 Å². The van der Waals surface area contributed by atoms with Crippen molar-refractivity contribution in [2.24, 2.45) is 5.92 Å². The van der Waals surface area contributed by atoms with Gasteiger partial charge in [0.2, 0.25) is 0 Å². The molecule has 0 saturated carbocycles. The normalized spacial score (nSPS) is 14.8. The molecule has 0 aromatic heterocycles. The van der Waals surface area contributed by atoms with E-state index in [0.717, 1.165) is 0 Å². The first-order valence-corrected chi connectivity index (χ1v) is 5.43. The number of carbonyl (C=O) groups is 2. The number of urea groups is 1. The molecule has 0 aliphatic rings. The van der Waals surface area contributed by atoms with E-state index in [4.69, 9.17) is 5.11 Å². The minimum absolute atomic E-state index is 0.112. The number of carboxylic acid groups (broad SMARTS) is 1. The maximum Gasteiger partial charge on any atom is 0.406 e. The minimum Gasteiger partial charge on any atom is -0.481 e. The summed E-state index contributed by atoms with van der Waals surface area (Å²) in [4.78, 5) is 22.7. The van der Waals surface area contributed by atoms with Gasteiger partial charge in [0.25, 0.3) is 0 Å². The molecule has 106 valence electrons. The molecule has 2 unspecified atom stereocenters. The van der Waals surface area contributed by atoms with Crippen LogP contribution in [0, 0.1) is 5.92 Å². The van der Waals surface area contributed by atoms with Gasteiger partial charge in [0, 0.05) is 12.6 Å². The highest BCUT2D eigenvalue weighted by Gasteiger charge is 2.33. The lowest BCUT2D eigenvalue weighted by Crippen LogP contribution is -2.49. The van der Waals surface area contributed by atoms with Gasteiger partial charge in [0.05, 0.1) is 5.92 Å². The van der Waals surface area contributed by atoms with Crippen molar-refractivity contribution < 1.29 is 27.9 Å². The Morgan fingerprint density at radius 2 is 1.83 bits per heavy atom. The molecule has 2 N–H and O–H groups in total. The van der Waals surface area contributed by atoms with E-state index in [1.807, 2.05) is 0 Å². The van der Waals surface area contributed by atoms with Crippen LogP contribution in [-0.4, -0.2) is 47.3 Å². The molecule has 2 atom stereocenters. The zero-order chi connectivity index (χ0) is 14.5. The average Bonchev–Trinajstić information content (AvgIpc) is 2.22. The lowest BCUT2D eigenvalue weighted by Gasteiger charge is -2.26. The van der Waals surface area contributed by atoms with E-state index in [1.165, 1.54) is 20.8 Å². The van der Waals surface area contributed by atoms with Crippen LogP contribution in [0.5, 0.6) is 0 Å². The van der Waals surface area contributed by atoms with Crippen molar-refractivity contribution in [2.75, 3.05) is 13.1 Å². The summed E-state index contributed by atoms with van der Waals surface area (Å²) in [6.07, 6.45) is -4.48. The fourth-order valence-corrected chi connectivity index (χ4v) is 1.17. The maximum atomic E-state index is 12.2. The number of carbonyl (C=O) groups excluding carboxylic acids is 1. The molecular formula is C10H17F3N2O3. The Balaban J connectivity index is 4.49. The van der Waals surface area contributed by atoms with E-state index < -0.39 is 36.7 Å². The van der Waals surface area contributed by atoms with E-state index >= 15 is 0 Å². The van der Waals surface area contributed by atoms with Crippen molar-refractivity contribution in [3.8, 4) is 0 Å². The van der Waals surface area contributed by atoms with Gasteiger partial charge in [0.1, 0.15) is 6.54 Å². The number of carboxylic acids is 1. The van der Waals surface area contributed by atoms with Crippen molar-refractivity contribution >= 4 is 12.0 Å². The van der Waals surface area contributed by atoms with Crippen molar-refractivity contribution in [3.05, 3.63) is 0 Å². The molecule has 0 heterocycles. The van der Waals surface area contributed by atoms with Crippen molar-refractivity contribution in [1.82, 2.24) is 10.2 Å². The number of amides is 2. The average molecular weight is 270 g/mol. The Kier molecular flexibility index (Phi) is 5.93. The van der Waals surface area contributed by atoms with Crippen LogP contribution in [0.1, 0.15) is 20.8 Å². The molecule has 2 amide bonds. The smallest absolute Gasteiger partial charge is 0.406 e. The monoisotopic (exact) mass is 270 g/mol. The van der Waals surface area contributed by atoms with E-state index in [0.29, 0.717) is 4.90 Å². The van der Waals surface area contributed by atoms with Crippen molar-refractivity contribution in [1.29, 1.82) is 0 Å². The van der Waals surface area contributed by atoms with Crippen LogP contribution in [0.25, 0.3) is 0 Å². The molecule has 18 heavy (non-hydrogen) atoms. The molecular weight excluding hydrogens is 253 g/mol. The summed E-state index contributed by atoms with van der Waals surface area (Å²) >= 11 is 0. The molecule has 8 heteroatoms. The molecule has 0 aliphatic carbocycles. The third kappa shape index (κ3) is 5.74. The molecule has 0 fully saturated rings. The van der Waals surface area contributed by atoms with Gasteiger partial charge in [-0.3, -0.25) is 4.79 Å². The largest absolute Gasteiger partial charge is 0.481 e. The first-order valence-electron chi connectivity index (χ1n) is 5.43. The van der Waals surface area contributed by atoms with Crippen LogP contribution >= 0.6 is 0 Å². The second-order valence-electron chi connectivity index (χ2n) is 3.99. The van der Waals surface area contributed by atoms with Gasteiger partial charge in [-0.2, -0.15) is 13.2 Å². The zero-order valence-electron chi connectivity index (χ0n) is 10.4. The fraction of sp³-hybridized carbons (Fsp3) is 0.800. The summed E-state index contributed by atoms with van der Waals surface area (Å²) in [6, 6.07) is -1.67. The van der Waals surface area contributed by atoms with Gasteiger partial charge in [-0.15, -0.1) is 0 Å². The zero-order valence-corrected chi connectivity index (χ0v) is 10.4. The van der Waals surface area contributed by atoms with Crippen molar-refractivity contribution in [3.63, 3.8) is 0 Å². The molecule has 0 radical (unpaired) electrons. The lowest BCUT2D eigenvalue weighted by atomic mass is 10.0.